The Hall–Kier alpha value is -7.76. The van der Waals surface area contributed by atoms with Crippen molar-refractivity contribution < 1.29 is 38.0 Å². The average Bonchev–Trinajstić information content (AvgIpc) is 3.99. The Morgan fingerprint density at radius 2 is 0.906 bits per heavy atom. The second kappa shape index (κ2) is 25.2. The predicted molar refractivity (Wildman–Crippen MR) is 232 cm³/mol. The molecular weight excluding hydrogens is 825 g/mol. The van der Waals surface area contributed by atoms with E-state index < -0.39 is 11.9 Å². The Labute approximate surface area is 367 Å². The SMILES string of the molecule is [N-]=[N+]=NCCOCCn1cc(CCCOc2ccc(C(=O)Oc3ccc(-c4ccc(OC(=O)c5ccc(OCCCc6cn(CCOCCN=[N+]=[N-])nn6)cc5)cc4)cc3)cc2)nn1. The van der Waals surface area contributed by atoms with E-state index in [1.165, 1.54) is 0 Å². The Balaban J connectivity index is 0.855. The highest BCUT2D eigenvalue weighted by molar-refractivity contribution is 5.92. The maximum atomic E-state index is 12.9. The number of azide groups is 2. The van der Waals surface area contributed by atoms with Crippen molar-refractivity contribution >= 4 is 11.9 Å². The van der Waals surface area contributed by atoms with Crippen molar-refractivity contribution in [2.45, 2.75) is 38.8 Å². The van der Waals surface area contributed by atoms with Crippen LogP contribution in [0, 0.1) is 0 Å². The fourth-order valence-electron chi connectivity index (χ4n) is 5.97. The lowest BCUT2D eigenvalue weighted by molar-refractivity contribution is 0.0725. The first-order valence-corrected chi connectivity index (χ1v) is 20.5. The summed E-state index contributed by atoms with van der Waals surface area (Å²) in [5.41, 5.74) is 20.8. The number of hydrogen-bond acceptors (Lipinski definition) is 14. The third-order valence-corrected chi connectivity index (χ3v) is 9.23. The fraction of sp³-hybridized carbons (Fsp3) is 0.318. The first-order chi connectivity index (χ1) is 31.4. The molecule has 0 radical (unpaired) electrons. The van der Waals surface area contributed by atoms with E-state index >= 15 is 0 Å². The van der Waals surface area contributed by atoms with Gasteiger partial charge < -0.3 is 28.4 Å². The van der Waals surface area contributed by atoms with Crippen LogP contribution >= 0.6 is 0 Å². The molecule has 64 heavy (non-hydrogen) atoms. The number of carbonyl (C=O) groups is 2. The van der Waals surface area contributed by atoms with Crippen molar-refractivity contribution in [2.75, 3.05) is 52.7 Å². The number of ether oxygens (including phenoxy) is 6. The molecule has 2 aromatic heterocycles. The summed E-state index contributed by atoms with van der Waals surface area (Å²) in [5.74, 6) is 1.07. The number of aromatic nitrogens is 6. The predicted octanol–water partition coefficient (Wildman–Crippen LogP) is 7.65. The van der Waals surface area contributed by atoms with Crippen LogP contribution in [-0.4, -0.2) is 94.7 Å². The number of esters is 2. The van der Waals surface area contributed by atoms with Gasteiger partial charge in [-0.15, -0.1) is 10.2 Å². The summed E-state index contributed by atoms with van der Waals surface area (Å²) < 4.78 is 37.1. The first kappa shape index (κ1) is 45.8. The summed E-state index contributed by atoms with van der Waals surface area (Å²) in [6.07, 6.45) is 6.57. The van der Waals surface area contributed by atoms with Gasteiger partial charge in [-0.25, -0.2) is 19.0 Å². The number of benzene rings is 4. The minimum absolute atomic E-state index is 0.295. The average molecular weight is 871 g/mol. The lowest BCUT2D eigenvalue weighted by Gasteiger charge is -2.09. The van der Waals surface area contributed by atoms with E-state index in [2.05, 4.69) is 40.7 Å². The van der Waals surface area contributed by atoms with Gasteiger partial charge in [-0.3, -0.25) is 0 Å². The molecule has 0 spiro atoms. The molecule has 2 heterocycles. The van der Waals surface area contributed by atoms with Gasteiger partial charge in [0.1, 0.15) is 23.0 Å². The Bertz CT molecular complexity index is 2290. The first-order valence-electron chi connectivity index (χ1n) is 20.5. The number of aryl methyl sites for hydroxylation is 2. The molecule has 0 aliphatic carbocycles. The summed E-state index contributed by atoms with van der Waals surface area (Å²) >= 11 is 0. The van der Waals surface area contributed by atoms with Crippen LogP contribution in [-0.2, 0) is 35.4 Å². The zero-order valence-electron chi connectivity index (χ0n) is 34.9. The van der Waals surface area contributed by atoms with Gasteiger partial charge in [0.2, 0.25) is 0 Å². The van der Waals surface area contributed by atoms with Crippen molar-refractivity contribution in [1.82, 2.24) is 30.0 Å². The molecule has 20 nitrogen and oxygen atoms in total. The number of carbonyl (C=O) groups excluding carboxylic acids is 2. The van der Waals surface area contributed by atoms with Crippen molar-refractivity contribution in [3.63, 3.8) is 0 Å². The van der Waals surface area contributed by atoms with Crippen LogP contribution in [0.4, 0.5) is 0 Å². The van der Waals surface area contributed by atoms with Crippen molar-refractivity contribution in [3.05, 3.63) is 153 Å². The molecule has 20 heteroatoms. The molecule has 0 bridgehead atoms. The highest BCUT2D eigenvalue weighted by Gasteiger charge is 2.12. The molecule has 0 fully saturated rings. The van der Waals surface area contributed by atoms with Gasteiger partial charge in [0, 0.05) is 35.3 Å². The smallest absolute Gasteiger partial charge is 0.343 e. The van der Waals surface area contributed by atoms with Crippen molar-refractivity contribution in [1.29, 1.82) is 0 Å². The third-order valence-electron chi connectivity index (χ3n) is 9.23. The molecule has 330 valence electrons. The Kier molecular flexibility index (Phi) is 18.0. The normalized spacial score (nSPS) is 10.7. The Morgan fingerprint density at radius 3 is 1.30 bits per heavy atom. The molecule has 0 aliphatic heterocycles. The molecule has 0 amide bonds. The molecular formula is C44H46N12O8. The number of nitrogens with zero attached hydrogens (tertiary/aromatic N) is 12. The highest BCUT2D eigenvalue weighted by Crippen LogP contribution is 2.26. The summed E-state index contributed by atoms with van der Waals surface area (Å²) in [4.78, 5) is 31.1. The second-order valence-electron chi connectivity index (χ2n) is 13.9. The van der Waals surface area contributed by atoms with E-state index in [9.17, 15) is 9.59 Å². The van der Waals surface area contributed by atoms with Gasteiger partial charge in [-0.2, -0.15) is 0 Å². The number of hydrogen-bond donors (Lipinski definition) is 0. The second-order valence-corrected chi connectivity index (χ2v) is 13.9. The molecule has 6 aromatic rings. The molecule has 0 atom stereocenters. The quantitative estimate of drug-likeness (QED) is 0.0121. The van der Waals surface area contributed by atoms with Gasteiger partial charge in [0.15, 0.2) is 0 Å². The fourth-order valence-corrected chi connectivity index (χ4v) is 5.97. The van der Waals surface area contributed by atoms with E-state index in [4.69, 9.17) is 39.5 Å². The molecule has 4 aromatic carbocycles. The standard InChI is InChI=1S/C44H46N12O8/c45-51-47-21-27-59-29-23-55-31-37(49-53-55)3-1-25-61-39-13-9-35(10-14-39)43(57)63-41-17-5-33(6-18-41)34-7-19-42(20-8-34)64-44(58)36-11-15-40(16-12-36)62-26-2-4-38-32-56(54-50-38)24-30-60-28-22-48-52-46/h5-20,31-32H,1-4,21-30H2. The zero-order valence-corrected chi connectivity index (χ0v) is 34.9. The summed E-state index contributed by atoms with van der Waals surface area (Å²) in [7, 11) is 0. The highest BCUT2D eigenvalue weighted by atomic mass is 16.5. The van der Waals surface area contributed by atoms with Crippen LogP contribution in [0.5, 0.6) is 23.0 Å². The minimum atomic E-state index is -0.494. The van der Waals surface area contributed by atoms with E-state index in [-0.39, 0.29) is 0 Å². The van der Waals surface area contributed by atoms with Crippen LogP contribution in [0.15, 0.2) is 120 Å². The van der Waals surface area contributed by atoms with Gasteiger partial charge >= 0.3 is 11.9 Å². The van der Waals surface area contributed by atoms with E-state index in [0.29, 0.717) is 113 Å². The van der Waals surface area contributed by atoms with Gasteiger partial charge in [-0.1, -0.05) is 44.9 Å². The largest absolute Gasteiger partial charge is 0.494 e. The van der Waals surface area contributed by atoms with Crippen molar-refractivity contribution in [3.8, 4) is 34.1 Å². The van der Waals surface area contributed by atoms with Crippen LogP contribution in [0.2, 0.25) is 0 Å². The monoisotopic (exact) mass is 870 g/mol. The summed E-state index contributed by atoms with van der Waals surface area (Å²) in [6, 6.07) is 27.8. The summed E-state index contributed by atoms with van der Waals surface area (Å²) in [5, 5.41) is 23.4. The molecule has 0 saturated carbocycles. The molecule has 0 aliphatic rings. The van der Waals surface area contributed by atoms with E-state index in [1.54, 1.807) is 82.2 Å². The van der Waals surface area contributed by atoms with Crippen LogP contribution < -0.4 is 18.9 Å². The minimum Gasteiger partial charge on any atom is -0.494 e. The van der Waals surface area contributed by atoms with Gasteiger partial charge in [0.05, 0.1) is 75.2 Å². The number of rotatable bonds is 27. The lowest BCUT2D eigenvalue weighted by atomic mass is 10.1. The van der Waals surface area contributed by atoms with E-state index in [0.717, 1.165) is 35.4 Å². The maximum Gasteiger partial charge on any atom is 0.343 e. The molecule has 0 saturated heterocycles. The maximum absolute atomic E-state index is 12.9. The lowest BCUT2D eigenvalue weighted by Crippen LogP contribution is -2.08. The molecule has 0 unspecified atom stereocenters. The Morgan fingerprint density at radius 1 is 0.516 bits per heavy atom. The van der Waals surface area contributed by atoms with Crippen molar-refractivity contribution in [2.24, 2.45) is 10.2 Å². The van der Waals surface area contributed by atoms with Crippen LogP contribution in [0.1, 0.15) is 44.9 Å². The third kappa shape index (κ3) is 15.3. The molecule has 6 rings (SSSR count). The summed E-state index contributed by atoms with van der Waals surface area (Å²) in [6.45, 7) is 4.23. The van der Waals surface area contributed by atoms with Gasteiger partial charge in [0.25, 0.3) is 0 Å². The van der Waals surface area contributed by atoms with Gasteiger partial charge in [-0.05, 0) is 121 Å². The van der Waals surface area contributed by atoms with Crippen LogP contribution in [0.25, 0.3) is 32.0 Å². The van der Waals surface area contributed by atoms with Crippen LogP contribution in [0.3, 0.4) is 0 Å². The zero-order chi connectivity index (χ0) is 44.6. The van der Waals surface area contributed by atoms with E-state index in [1.807, 2.05) is 36.7 Å². The molecule has 0 N–H and O–H groups in total. The topological polar surface area (TPSA) is 248 Å².